The Kier molecular flexibility index (Phi) is 4.09. The highest BCUT2D eigenvalue weighted by Crippen LogP contribution is 2.05. The van der Waals surface area contributed by atoms with Gasteiger partial charge in [-0.3, -0.25) is 9.78 Å². The number of anilines is 1. The highest BCUT2D eigenvalue weighted by Gasteiger charge is 2.05. The molecule has 0 bridgehead atoms. The van der Waals surface area contributed by atoms with Crippen molar-refractivity contribution in [3.8, 4) is 0 Å². The van der Waals surface area contributed by atoms with Crippen LogP contribution >= 0.6 is 0 Å². The zero-order chi connectivity index (χ0) is 14.5. The summed E-state index contributed by atoms with van der Waals surface area (Å²) in [4.78, 5) is 33.1. The summed E-state index contributed by atoms with van der Waals surface area (Å²) in [5.74, 6) is 0.0246. The molecule has 0 aromatic carbocycles. The molecule has 0 atom stereocenters. The number of carboxylic acids is 1. The molecule has 2 aromatic rings. The summed E-state index contributed by atoms with van der Waals surface area (Å²) in [7, 11) is 0. The van der Waals surface area contributed by atoms with Crippen molar-refractivity contribution < 1.29 is 9.90 Å². The van der Waals surface area contributed by atoms with E-state index in [0.29, 0.717) is 30.3 Å². The lowest BCUT2D eigenvalue weighted by Crippen LogP contribution is -2.13. The van der Waals surface area contributed by atoms with Crippen LogP contribution < -0.4 is 10.9 Å². The van der Waals surface area contributed by atoms with Crippen molar-refractivity contribution in [2.24, 2.45) is 0 Å². The summed E-state index contributed by atoms with van der Waals surface area (Å²) < 4.78 is 0. The summed E-state index contributed by atoms with van der Waals surface area (Å²) in [6.45, 7) is 2.18. The molecule has 0 fully saturated rings. The van der Waals surface area contributed by atoms with Crippen LogP contribution in [0.2, 0.25) is 0 Å². The van der Waals surface area contributed by atoms with E-state index in [9.17, 15) is 9.59 Å². The Hall–Kier alpha value is -2.70. The molecule has 0 saturated carbocycles. The number of aryl methyl sites for hydroxylation is 1. The molecule has 0 spiro atoms. The fraction of sp³-hybridized carbons (Fsp3) is 0.231. The summed E-state index contributed by atoms with van der Waals surface area (Å²) in [6, 6.07) is 4.25. The van der Waals surface area contributed by atoms with Crippen LogP contribution in [0.4, 0.5) is 5.82 Å². The van der Waals surface area contributed by atoms with Crippen LogP contribution in [0.1, 0.15) is 28.8 Å². The minimum absolute atomic E-state index is 0.171. The molecule has 20 heavy (non-hydrogen) atoms. The molecular formula is C13H14N4O3. The molecule has 0 radical (unpaired) electrons. The van der Waals surface area contributed by atoms with Crippen LogP contribution in [-0.4, -0.2) is 26.0 Å². The molecule has 104 valence electrons. The fourth-order valence-corrected chi connectivity index (χ4v) is 1.66. The first-order valence-electron chi connectivity index (χ1n) is 6.11. The van der Waals surface area contributed by atoms with Gasteiger partial charge in [0.25, 0.3) is 5.56 Å². The monoisotopic (exact) mass is 274 g/mol. The van der Waals surface area contributed by atoms with E-state index in [1.807, 2.05) is 6.92 Å². The smallest absolute Gasteiger partial charge is 0.335 e. The maximum atomic E-state index is 11.4. The fourth-order valence-electron chi connectivity index (χ4n) is 1.66. The van der Waals surface area contributed by atoms with Crippen LogP contribution in [-0.2, 0) is 13.0 Å². The third-order valence-electron chi connectivity index (χ3n) is 2.64. The first-order valence-corrected chi connectivity index (χ1v) is 6.11. The molecule has 0 amide bonds. The number of nitrogens with one attached hydrogen (secondary N) is 2. The highest BCUT2D eigenvalue weighted by atomic mass is 16.4. The van der Waals surface area contributed by atoms with Crippen molar-refractivity contribution in [2.45, 2.75) is 19.9 Å². The van der Waals surface area contributed by atoms with E-state index in [-0.39, 0.29) is 11.1 Å². The van der Waals surface area contributed by atoms with Crippen LogP contribution in [0.5, 0.6) is 0 Å². The number of aromatic carboxylic acids is 1. The predicted molar refractivity (Wildman–Crippen MR) is 72.8 cm³/mol. The summed E-state index contributed by atoms with van der Waals surface area (Å²) in [5.41, 5.74) is 0.501. The summed E-state index contributed by atoms with van der Waals surface area (Å²) >= 11 is 0. The highest BCUT2D eigenvalue weighted by molar-refractivity contribution is 5.87. The van der Waals surface area contributed by atoms with E-state index < -0.39 is 5.97 Å². The van der Waals surface area contributed by atoms with Gasteiger partial charge in [0.05, 0.1) is 17.8 Å². The van der Waals surface area contributed by atoms with Gasteiger partial charge in [0.15, 0.2) is 0 Å². The molecule has 2 rings (SSSR count). The second kappa shape index (κ2) is 5.96. The lowest BCUT2D eigenvalue weighted by atomic mass is 10.2. The lowest BCUT2D eigenvalue weighted by molar-refractivity contribution is 0.0696. The Bertz CT molecular complexity index is 681. The van der Waals surface area contributed by atoms with Gasteiger partial charge in [-0.1, -0.05) is 6.92 Å². The van der Waals surface area contributed by atoms with Gasteiger partial charge in [-0.15, -0.1) is 0 Å². The second-order valence-electron chi connectivity index (χ2n) is 4.13. The Morgan fingerprint density at radius 3 is 2.95 bits per heavy atom. The van der Waals surface area contributed by atoms with Crippen LogP contribution in [0, 0.1) is 0 Å². The number of hydrogen-bond acceptors (Lipinski definition) is 5. The molecule has 0 aliphatic heterocycles. The van der Waals surface area contributed by atoms with Gasteiger partial charge in [0, 0.05) is 18.7 Å². The number of carboxylic acid groups (broad SMARTS) is 1. The molecular weight excluding hydrogens is 260 g/mol. The van der Waals surface area contributed by atoms with Gasteiger partial charge in [0.2, 0.25) is 0 Å². The van der Waals surface area contributed by atoms with Gasteiger partial charge in [-0.05, 0) is 12.1 Å². The Morgan fingerprint density at radius 2 is 2.25 bits per heavy atom. The van der Waals surface area contributed by atoms with Gasteiger partial charge in [-0.25, -0.2) is 9.78 Å². The van der Waals surface area contributed by atoms with Crippen molar-refractivity contribution >= 4 is 11.8 Å². The van der Waals surface area contributed by atoms with Crippen LogP contribution in [0.15, 0.2) is 29.2 Å². The van der Waals surface area contributed by atoms with Crippen LogP contribution in [0.25, 0.3) is 0 Å². The molecule has 3 N–H and O–H groups in total. The molecule has 2 aromatic heterocycles. The number of nitrogens with zero attached hydrogens (tertiary/aromatic N) is 2. The van der Waals surface area contributed by atoms with Crippen LogP contribution in [0.3, 0.4) is 0 Å². The number of aromatic amines is 1. The van der Waals surface area contributed by atoms with E-state index in [4.69, 9.17) is 5.11 Å². The standard InChI is InChI=1S/C13H14N4O3/c1-2-10-16-11(6-12(18)17-10)15-7-9-5-8(13(19)20)3-4-14-9/h3-6H,2,7H2,1H3,(H,19,20)(H2,15,16,17,18). The molecule has 2 heterocycles. The number of aromatic nitrogens is 3. The zero-order valence-corrected chi connectivity index (χ0v) is 10.9. The number of hydrogen-bond donors (Lipinski definition) is 3. The third kappa shape index (κ3) is 3.41. The largest absolute Gasteiger partial charge is 0.478 e. The minimum atomic E-state index is -1.00. The van der Waals surface area contributed by atoms with Gasteiger partial charge in [0.1, 0.15) is 11.6 Å². The van der Waals surface area contributed by atoms with Gasteiger partial charge in [-0.2, -0.15) is 0 Å². The molecule has 0 aliphatic rings. The molecule has 7 nitrogen and oxygen atoms in total. The lowest BCUT2D eigenvalue weighted by Gasteiger charge is -2.06. The van der Waals surface area contributed by atoms with E-state index in [1.165, 1.54) is 24.4 Å². The second-order valence-corrected chi connectivity index (χ2v) is 4.13. The number of pyridine rings is 1. The molecule has 7 heteroatoms. The van der Waals surface area contributed by atoms with E-state index in [0.717, 1.165) is 0 Å². The van der Waals surface area contributed by atoms with Gasteiger partial charge >= 0.3 is 5.97 Å². The molecule has 0 aliphatic carbocycles. The Morgan fingerprint density at radius 1 is 1.45 bits per heavy atom. The third-order valence-corrected chi connectivity index (χ3v) is 2.64. The summed E-state index contributed by atoms with van der Waals surface area (Å²) in [6.07, 6.45) is 2.06. The minimum Gasteiger partial charge on any atom is -0.478 e. The topological polar surface area (TPSA) is 108 Å². The normalized spacial score (nSPS) is 10.2. The molecule has 0 saturated heterocycles. The number of rotatable bonds is 5. The van der Waals surface area contributed by atoms with Gasteiger partial charge < -0.3 is 15.4 Å². The van der Waals surface area contributed by atoms with E-state index in [1.54, 1.807) is 0 Å². The average molecular weight is 274 g/mol. The first kappa shape index (κ1) is 13.7. The predicted octanol–water partition coefficient (Wildman–Crippen LogP) is 1.04. The number of H-pyrrole nitrogens is 1. The first-order chi connectivity index (χ1) is 9.58. The maximum absolute atomic E-state index is 11.4. The number of carbonyl (C=O) groups is 1. The average Bonchev–Trinajstić information content (AvgIpc) is 2.44. The van der Waals surface area contributed by atoms with Crippen molar-refractivity contribution in [1.82, 2.24) is 15.0 Å². The SMILES string of the molecule is CCc1nc(NCc2cc(C(=O)O)ccn2)cc(=O)[nH]1. The van der Waals surface area contributed by atoms with Crippen molar-refractivity contribution in [3.05, 3.63) is 51.8 Å². The maximum Gasteiger partial charge on any atom is 0.335 e. The summed E-state index contributed by atoms with van der Waals surface area (Å²) in [5, 5.41) is 11.8. The Balaban J connectivity index is 2.12. The molecule has 0 unspecified atom stereocenters. The Labute approximate surface area is 114 Å². The van der Waals surface area contributed by atoms with Crippen molar-refractivity contribution in [2.75, 3.05) is 5.32 Å². The zero-order valence-electron chi connectivity index (χ0n) is 10.9. The van der Waals surface area contributed by atoms with Crippen molar-refractivity contribution in [3.63, 3.8) is 0 Å². The van der Waals surface area contributed by atoms with E-state index in [2.05, 4.69) is 20.3 Å². The quantitative estimate of drug-likeness (QED) is 0.751. The van der Waals surface area contributed by atoms with Crippen molar-refractivity contribution in [1.29, 1.82) is 0 Å². The van der Waals surface area contributed by atoms with E-state index >= 15 is 0 Å².